The third-order valence-corrected chi connectivity index (χ3v) is 16.9. The van der Waals surface area contributed by atoms with Crippen LogP contribution in [0.15, 0.2) is 66.7 Å². The average molecular weight is 1020 g/mol. The maximum Gasteiger partial charge on any atom is 0.313 e. The van der Waals surface area contributed by atoms with Crippen LogP contribution in [-0.2, 0) is 59.4 Å². The second-order valence-corrected chi connectivity index (χ2v) is 23.6. The van der Waals surface area contributed by atoms with Gasteiger partial charge < -0.3 is 46.8 Å². The molecule has 0 unspecified atom stereocenters. The number of likely N-dealkylation sites (N-methyl/N-ethyl adjacent to an activating group) is 2. The number of nitrogens with one attached hydrogen (secondary N) is 6. The van der Waals surface area contributed by atoms with Gasteiger partial charge in [-0.3, -0.25) is 33.6 Å². The first-order valence-corrected chi connectivity index (χ1v) is 26.9. The van der Waals surface area contributed by atoms with Gasteiger partial charge in [0.15, 0.2) is 0 Å². The predicted molar refractivity (Wildman–Crippen MR) is 282 cm³/mol. The fraction of sp³-hybridized carbons (Fsp3) is 0.554. The molecule has 6 amide bonds. The minimum Gasteiger partial charge on any atom is -0.481 e. The van der Waals surface area contributed by atoms with Crippen LogP contribution in [0.4, 0.5) is 0 Å². The summed E-state index contributed by atoms with van der Waals surface area (Å²) < 4.78 is -1.13. The first kappa shape index (κ1) is 55.0. The van der Waals surface area contributed by atoms with E-state index in [9.17, 15) is 29.1 Å². The molecular formula is C56H76N8O8S. The van der Waals surface area contributed by atoms with Crippen LogP contribution < -0.4 is 31.9 Å². The number of carbonyl (C=O) groups excluding carboxylic acids is 6. The van der Waals surface area contributed by atoms with Crippen molar-refractivity contribution < 1.29 is 38.7 Å². The summed E-state index contributed by atoms with van der Waals surface area (Å²) in [6, 6.07) is 16.4. The molecule has 3 aromatic rings. The third kappa shape index (κ3) is 12.6. The molecule has 2 aliphatic heterocycles. The standard InChI is InChI=1S/C56H76N8O8S/c1-32(57-8)49(67)61-47(55(3,4)5)53(71)63-30-39(28-45(63)52(70)60-43-23-15-19-35-17-11-13-21-41(35)43)36-24-25-37-27-44(51(69)59-42-22-14-18-34-16-10-12-20-40(34)42)64(29-38(37)26-36)54(72)48(62-50(68)33(2)58-9)56(6,7)73-31-46(65)66/h10-13,16-17,20-21,24-26,32-33,39,42-45,47-48,57-58H,14-15,18-19,22-23,27-31H2,1-9H3,(H,59,69)(H,60,70)(H,61,67)(H,62,68)(H,65,66)/t32-,33-,39-,42+,43+,44-,45-,47+,48+/m0/s1. The van der Waals surface area contributed by atoms with E-state index < -0.39 is 64.2 Å². The molecule has 7 rings (SSSR count). The van der Waals surface area contributed by atoms with Crippen molar-refractivity contribution in [2.24, 2.45) is 5.41 Å². The molecule has 2 aliphatic carbocycles. The first-order valence-electron chi connectivity index (χ1n) is 25.9. The maximum absolute atomic E-state index is 15.4. The molecule has 0 saturated carbocycles. The lowest BCUT2D eigenvalue weighted by molar-refractivity contribution is -0.145. The van der Waals surface area contributed by atoms with Crippen molar-refractivity contribution in [3.05, 3.63) is 106 Å². The van der Waals surface area contributed by atoms with Crippen molar-refractivity contribution in [2.75, 3.05) is 26.4 Å². The van der Waals surface area contributed by atoms with Gasteiger partial charge in [-0.15, -0.1) is 11.8 Å². The van der Waals surface area contributed by atoms with Crippen molar-refractivity contribution in [3.8, 4) is 0 Å². The third-order valence-electron chi connectivity index (χ3n) is 15.5. The number of aliphatic carboxylic acids is 1. The van der Waals surface area contributed by atoms with Crippen LogP contribution in [0.2, 0.25) is 0 Å². The number of hydrogen-bond acceptors (Lipinski definition) is 10. The van der Waals surface area contributed by atoms with Crippen LogP contribution in [0.1, 0.15) is 138 Å². The number of rotatable bonds is 17. The summed E-state index contributed by atoms with van der Waals surface area (Å²) in [6.07, 6.45) is 5.57. The van der Waals surface area contributed by atoms with Crippen LogP contribution >= 0.6 is 11.8 Å². The summed E-state index contributed by atoms with van der Waals surface area (Å²) in [6.45, 7) is 12.7. The number of benzene rings is 3. The van der Waals surface area contributed by atoms with Gasteiger partial charge in [-0.2, -0.15) is 0 Å². The molecule has 0 bridgehead atoms. The van der Waals surface area contributed by atoms with Crippen LogP contribution in [0.5, 0.6) is 0 Å². The van der Waals surface area contributed by atoms with Gasteiger partial charge in [-0.25, -0.2) is 0 Å². The van der Waals surface area contributed by atoms with Gasteiger partial charge in [0.25, 0.3) is 0 Å². The highest BCUT2D eigenvalue weighted by atomic mass is 32.2. The number of amides is 6. The van der Waals surface area contributed by atoms with Gasteiger partial charge in [0.2, 0.25) is 35.4 Å². The minimum absolute atomic E-state index is 0.00285. The van der Waals surface area contributed by atoms with Gasteiger partial charge in [0.1, 0.15) is 24.2 Å². The molecule has 9 atom stereocenters. The highest BCUT2D eigenvalue weighted by molar-refractivity contribution is 8.01. The van der Waals surface area contributed by atoms with Crippen molar-refractivity contribution in [1.29, 1.82) is 0 Å². The zero-order valence-corrected chi connectivity index (χ0v) is 44.7. The second-order valence-electron chi connectivity index (χ2n) is 22.0. The SMILES string of the molecule is CN[C@@H](C)C(=O)N[C@H](C(=O)N1C[C@@H](c2ccc3c(c2)CN(C(=O)[C@@H](NC(=O)[C@H](C)NC)C(C)(C)SCC(=O)O)[C@H](C(=O)N[C@@H]2CCCc4ccccc42)C3)C[C@H]1C(=O)N[C@@H]1CCCc2ccccc21)C(C)(C)C. The number of nitrogens with zero attached hydrogens (tertiary/aromatic N) is 2. The Morgan fingerprint density at radius 3 is 1.73 bits per heavy atom. The zero-order chi connectivity index (χ0) is 52.9. The summed E-state index contributed by atoms with van der Waals surface area (Å²) in [5.74, 6) is -4.00. The van der Waals surface area contributed by atoms with E-state index in [1.807, 2.05) is 75.4 Å². The van der Waals surface area contributed by atoms with Crippen LogP contribution in [0.25, 0.3) is 0 Å². The number of carboxylic acids is 1. The van der Waals surface area contributed by atoms with E-state index in [1.165, 1.54) is 16.0 Å². The number of aryl methyl sites for hydroxylation is 2. The van der Waals surface area contributed by atoms with Gasteiger partial charge in [-0.05, 0) is 131 Å². The summed E-state index contributed by atoms with van der Waals surface area (Å²) in [5, 5.41) is 28.1. The van der Waals surface area contributed by atoms with Crippen molar-refractivity contribution >= 4 is 53.2 Å². The molecule has 73 heavy (non-hydrogen) atoms. The lowest BCUT2D eigenvalue weighted by atomic mass is 9.85. The molecule has 7 N–H and O–H groups in total. The lowest BCUT2D eigenvalue weighted by Crippen LogP contribution is -2.63. The molecule has 394 valence electrons. The van der Waals surface area contributed by atoms with E-state index in [0.717, 1.165) is 78.1 Å². The zero-order valence-electron chi connectivity index (χ0n) is 43.9. The van der Waals surface area contributed by atoms with Crippen LogP contribution in [0.3, 0.4) is 0 Å². The summed E-state index contributed by atoms with van der Waals surface area (Å²) in [5.41, 5.74) is 6.22. The van der Waals surface area contributed by atoms with Gasteiger partial charge in [0, 0.05) is 30.2 Å². The van der Waals surface area contributed by atoms with E-state index in [4.69, 9.17) is 0 Å². The molecule has 0 radical (unpaired) electrons. The molecule has 1 fully saturated rings. The van der Waals surface area contributed by atoms with Gasteiger partial charge in [0.05, 0.1) is 29.9 Å². The molecule has 3 aromatic carbocycles. The van der Waals surface area contributed by atoms with Crippen molar-refractivity contribution in [1.82, 2.24) is 41.7 Å². The fourth-order valence-corrected chi connectivity index (χ4v) is 11.7. The summed E-state index contributed by atoms with van der Waals surface area (Å²) >= 11 is 1.03. The number of carbonyl (C=O) groups is 7. The number of fused-ring (bicyclic) bond motifs is 3. The highest BCUT2D eigenvalue weighted by Gasteiger charge is 2.48. The Kier molecular flexibility index (Phi) is 17.5. The Morgan fingerprint density at radius 1 is 0.671 bits per heavy atom. The largest absolute Gasteiger partial charge is 0.481 e. The Morgan fingerprint density at radius 2 is 1.19 bits per heavy atom. The fourth-order valence-electron chi connectivity index (χ4n) is 10.9. The number of thioether (sulfide) groups is 1. The van der Waals surface area contributed by atoms with E-state index in [0.29, 0.717) is 6.42 Å². The van der Waals surface area contributed by atoms with Gasteiger partial charge in [-0.1, -0.05) is 87.5 Å². The Bertz CT molecular complexity index is 2560. The van der Waals surface area contributed by atoms with Crippen molar-refractivity contribution in [2.45, 2.75) is 165 Å². The second kappa shape index (κ2) is 23.2. The molecule has 0 spiro atoms. The first-order chi connectivity index (χ1) is 34.6. The highest BCUT2D eigenvalue weighted by Crippen LogP contribution is 2.39. The summed E-state index contributed by atoms with van der Waals surface area (Å²) in [4.78, 5) is 102. The lowest BCUT2D eigenvalue weighted by Gasteiger charge is -2.42. The monoisotopic (exact) mass is 1020 g/mol. The number of hydrogen-bond donors (Lipinski definition) is 7. The number of carboxylic acid groups (broad SMARTS) is 1. The summed E-state index contributed by atoms with van der Waals surface area (Å²) in [7, 11) is 3.31. The van der Waals surface area contributed by atoms with E-state index in [-0.39, 0.29) is 66.9 Å². The molecule has 2 heterocycles. The molecule has 4 aliphatic rings. The minimum atomic E-state index is -1.23. The predicted octanol–water partition coefficient (Wildman–Crippen LogP) is 4.84. The Labute approximate surface area is 434 Å². The van der Waals surface area contributed by atoms with Gasteiger partial charge >= 0.3 is 5.97 Å². The smallest absolute Gasteiger partial charge is 0.313 e. The van der Waals surface area contributed by atoms with E-state index >= 15 is 9.59 Å². The molecule has 17 heteroatoms. The molecule has 1 saturated heterocycles. The molecule has 16 nitrogen and oxygen atoms in total. The van der Waals surface area contributed by atoms with Crippen LogP contribution in [-0.4, -0.2) is 124 Å². The van der Waals surface area contributed by atoms with Crippen LogP contribution in [0, 0.1) is 5.41 Å². The van der Waals surface area contributed by atoms with Crippen molar-refractivity contribution in [3.63, 3.8) is 0 Å². The normalized spacial score (nSPS) is 22.3. The Hall–Kier alpha value is -5.78. The van der Waals surface area contributed by atoms with E-state index in [2.05, 4.69) is 44.0 Å². The average Bonchev–Trinajstić information content (AvgIpc) is 3.83. The van der Waals surface area contributed by atoms with E-state index in [1.54, 1.807) is 46.7 Å². The topological polar surface area (TPSA) is 218 Å². The quantitative estimate of drug-likeness (QED) is 0.0971. The Balaban J connectivity index is 1.24. The maximum atomic E-state index is 15.4. The molecule has 0 aromatic heterocycles. The number of likely N-dealkylation sites (tertiary alicyclic amines) is 1. The molecular weight excluding hydrogens is 945 g/mol.